The zero-order valence-electron chi connectivity index (χ0n) is 9.79. The minimum Gasteiger partial charge on any atom is -0.494 e. The summed E-state index contributed by atoms with van der Waals surface area (Å²) in [6.45, 7) is 1.69. The topological polar surface area (TPSA) is 46.4 Å². The van der Waals surface area contributed by atoms with Crippen LogP contribution in [0.25, 0.3) is 10.8 Å². The largest absolute Gasteiger partial charge is 0.573 e. The van der Waals surface area contributed by atoms with Crippen LogP contribution in [0.3, 0.4) is 0 Å². The van der Waals surface area contributed by atoms with Gasteiger partial charge in [0.25, 0.3) is 0 Å². The molecular formula is C12H11F3N2O2. The smallest absolute Gasteiger partial charge is 0.494 e. The van der Waals surface area contributed by atoms with E-state index in [4.69, 9.17) is 0 Å². The van der Waals surface area contributed by atoms with Gasteiger partial charge in [-0.1, -0.05) is 12.1 Å². The maximum atomic E-state index is 12.4. The Kier molecular flexibility index (Phi) is 2.60. The van der Waals surface area contributed by atoms with Crippen LogP contribution in [0.1, 0.15) is 5.69 Å². The second kappa shape index (κ2) is 4.06. The first kappa shape index (κ1) is 12.2. The first-order valence-electron chi connectivity index (χ1n) is 5.77. The Balaban J connectivity index is 2.22. The Morgan fingerprint density at radius 3 is 2.84 bits per heavy atom. The van der Waals surface area contributed by atoms with Crippen molar-refractivity contribution in [1.29, 1.82) is 0 Å². The maximum absolute atomic E-state index is 12.4. The molecule has 0 amide bonds. The quantitative estimate of drug-likeness (QED) is 0.837. The van der Waals surface area contributed by atoms with Gasteiger partial charge >= 0.3 is 6.36 Å². The Morgan fingerprint density at radius 2 is 2.11 bits per heavy atom. The molecule has 102 valence electrons. The van der Waals surface area contributed by atoms with Gasteiger partial charge in [0.1, 0.15) is 5.75 Å². The highest BCUT2D eigenvalue weighted by atomic mass is 19.4. The molecule has 0 saturated carbocycles. The van der Waals surface area contributed by atoms with Gasteiger partial charge in [-0.05, 0) is 6.07 Å². The summed E-state index contributed by atoms with van der Waals surface area (Å²) in [7, 11) is 0. The predicted molar refractivity (Wildman–Crippen MR) is 62.0 cm³/mol. The van der Waals surface area contributed by atoms with Crippen molar-refractivity contribution in [3.8, 4) is 11.6 Å². The molecule has 1 aromatic heterocycles. The minimum absolute atomic E-state index is 0.110. The van der Waals surface area contributed by atoms with Crippen LogP contribution in [-0.4, -0.2) is 22.6 Å². The number of ether oxygens (including phenoxy) is 1. The molecule has 2 aromatic rings. The van der Waals surface area contributed by atoms with Crippen molar-refractivity contribution in [3.63, 3.8) is 0 Å². The number of alkyl halides is 3. The van der Waals surface area contributed by atoms with Crippen molar-refractivity contribution in [1.82, 2.24) is 9.88 Å². The number of hydrogen-bond acceptors (Lipinski definition) is 3. The van der Waals surface area contributed by atoms with Gasteiger partial charge in [-0.2, -0.15) is 0 Å². The molecule has 1 aliphatic heterocycles. The third-order valence-electron chi connectivity index (χ3n) is 3.17. The van der Waals surface area contributed by atoms with Crippen LogP contribution < -0.4 is 10.1 Å². The van der Waals surface area contributed by atoms with Crippen LogP contribution >= 0.6 is 0 Å². The van der Waals surface area contributed by atoms with Crippen LogP contribution in [-0.2, 0) is 13.1 Å². The number of nitrogens with zero attached hydrogens (tertiary/aromatic N) is 1. The summed E-state index contributed by atoms with van der Waals surface area (Å²) in [5.74, 6) is -0.546. The Hall–Kier alpha value is -1.89. The number of fused-ring (bicyclic) bond motifs is 3. The monoisotopic (exact) mass is 272 g/mol. The Bertz CT molecular complexity index is 634. The van der Waals surface area contributed by atoms with E-state index in [9.17, 15) is 18.3 Å². The average molecular weight is 272 g/mol. The molecule has 0 radical (unpaired) electrons. The van der Waals surface area contributed by atoms with Gasteiger partial charge in [-0.3, -0.25) is 0 Å². The lowest BCUT2D eigenvalue weighted by Gasteiger charge is -2.16. The van der Waals surface area contributed by atoms with E-state index in [1.807, 2.05) is 0 Å². The Labute approximate surface area is 106 Å². The van der Waals surface area contributed by atoms with Crippen LogP contribution in [0.4, 0.5) is 13.2 Å². The molecule has 1 aromatic carbocycles. The van der Waals surface area contributed by atoms with E-state index in [2.05, 4.69) is 10.1 Å². The van der Waals surface area contributed by atoms with Crippen molar-refractivity contribution in [2.45, 2.75) is 19.5 Å². The van der Waals surface area contributed by atoms with Crippen molar-refractivity contribution in [2.24, 2.45) is 0 Å². The van der Waals surface area contributed by atoms with Crippen LogP contribution in [0.5, 0.6) is 11.6 Å². The third-order valence-corrected chi connectivity index (χ3v) is 3.17. The molecule has 3 rings (SSSR count). The van der Waals surface area contributed by atoms with E-state index in [-0.39, 0.29) is 17.0 Å². The number of aromatic nitrogens is 1. The summed E-state index contributed by atoms with van der Waals surface area (Å²) in [5, 5.41) is 13.9. The SMILES string of the molecule is Oc1c2c(OC(F)(F)F)cccc2c2n1CCNC2. The number of rotatable bonds is 1. The fraction of sp³-hybridized carbons (Fsp3) is 0.333. The average Bonchev–Trinajstić information content (AvgIpc) is 2.63. The first-order chi connectivity index (χ1) is 8.97. The molecule has 1 aliphatic rings. The van der Waals surface area contributed by atoms with Gasteiger partial charge in [-0.15, -0.1) is 13.2 Å². The predicted octanol–water partition coefficient (Wildman–Crippen LogP) is 2.35. The molecule has 0 saturated heterocycles. The first-order valence-corrected chi connectivity index (χ1v) is 5.77. The molecule has 0 bridgehead atoms. The zero-order chi connectivity index (χ0) is 13.6. The van der Waals surface area contributed by atoms with E-state index in [1.54, 1.807) is 10.6 Å². The lowest BCUT2D eigenvalue weighted by atomic mass is 10.1. The normalized spacial score (nSPS) is 15.5. The molecule has 0 atom stereocenters. The Morgan fingerprint density at radius 1 is 1.32 bits per heavy atom. The highest BCUT2D eigenvalue weighted by Crippen LogP contribution is 2.40. The number of halogens is 3. The van der Waals surface area contributed by atoms with E-state index in [1.165, 1.54) is 12.1 Å². The van der Waals surface area contributed by atoms with Gasteiger partial charge in [0, 0.05) is 30.7 Å². The summed E-state index contributed by atoms with van der Waals surface area (Å²) >= 11 is 0. The molecule has 19 heavy (non-hydrogen) atoms. The van der Waals surface area contributed by atoms with Crippen molar-refractivity contribution in [3.05, 3.63) is 23.9 Å². The van der Waals surface area contributed by atoms with E-state index in [0.717, 1.165) is 5.69 Å². The third kappa shape index (κ3) is 1.99. The number of aromatic hydroxyl groups is 1. The van der Waals surface area contributed by atoms with E-state index < -0.39 is 6.36 Å². The van der Waals surface area contributed by atoms with Gasteiger partial charge in [-0.25, -0.2) is 0 Å². The molecule has 0 unspecified atom stereocenters. The molecule has 0 fully saturated rings. The van der Waals surface area contributed by atoms with Crippen LogP contribution in [0.15, 0.2) is 18.2 Å². The summed E-state index contributed by atoms with van der Waals surface area (Å²) in [6, 6.07) is 4.37. The number of nitrogens with one attached hydrogen (secondary N) is 1. The summed E-state index contributed by atoms with van der Waals surface area (Å²) in [4.78, 5) is 0. The highest BCUT2D eigenvalue weighted by molar-refractivity contribution is 5.96. The molecule has 7 heteroatoms. The molecule has 0 aliphatic carbocycles. The number of hydrogen-bond donors (Lipinski definition) is 2. The van der Waals surface area contributed by atoms with Crippen molar-refractivity contribution >= 4 is 10.8 Å². The van der Waals surface area contributed by atoms with Gasteiger partial charge in [0.05, 0.1) is 5.39 Å². The van der Waals surface area contributed by atoms with Crippen LogP contribution in [0, 0.1) is 0 Å². The second-order valence-corrected chi connectivity index (χ2v) is 4.33. The number of benzene rings is 1. The van der Waals surface area contributed by atoms with Gasteiger partial charge in [0.2, 0.25) is 5.88 Å². The van der Waals surface area contributed by atoms with Gasteiger partial charge in [0.15, 0.2) is 0 Å². The molecule has 0 spiro atoms. The van der Waals surface area contributed by atoms with Crippen molar-refractivity contribution < 1.29 is 23.0 Å². The molecule has 2 N–H and O–H groups in total. The molecule has 2 heterocycles. The molecular weight excluding hydrogens is 261 g/mol. The standard InChI is InChI=1S/C12H11F3N2O2/c13-12(14,15)19-9-3-1-2-7-8-6-16-4-5-17(8)11(18)10(7)9/h1-3,16,18H,4-6H2. The highest BCUT2D eigenvalue weighted by Gasteiger charge is 2.33. The fourth-order valence-electron chi connectivity index (χ4n) is 2.45. The summed E-state index contributed by atoms with van der Waals surface area (Å²) in [6.07, 6.45) is -4.78. The maximum Gasteiger partial charge on any atom is 0.573 e. The van der Waals surface area contributed by atoms with Crippen LogP contribution in [0.2, 0.25) is 0 Å². The summed E-state index contributed by atoms with van der Waals surface area (Å²) < 4.78 is 42.7. The van der Waals surface area contributed by atoms with Gasteiger partial charge < -0.3 is 19.7 Å². The summed E-state index contributed by atoms with van der Waals surface area (Å²) in [5.41, 5.74) is 0.770. The zero-order valence-corrected chi connectivity index (χ0v) is 9.79. The lowest BCUT2D eigenvalue weighted by Crippen LogP contribution is -2.27. The van der Waals surface area contributed by atoms with E-state index in [0.29, 0.717) is 25.0 Å². The second-order valence-electron chi connectivity index (χ2n) is 4.33. The lowest BCUT2D eigenvalue weighted by molar-refractivity contribution is -0.274. The van der Waals surface area contributed by atoms with E-state index >= 15 is 0 Å². The molecule has 4 nitrogen and oxygen atoms in total. The minimum atomic E-state index is -4.78. The fourth-order valence-corrected chi connectivity index (χ4v) is 2.45. The van der Waals surface area contributed by atoms with Crippen molar-refractivity contribution in [2.75, 3.05) is 6.54 Å².